The molecule has 0 aliphatic carbocycles. The zero-order valence-electron chi connectivity index (χ0n) is 7.78. The van der Waals surface area contributed by atoms with Crippen molar-refractivity contribution >= 4 is 17.8 Å². The minimum absolute atomic E-state index is 0.208. The van der Waals surface area contributed by atoms with Crippen molar-refractivity contribution in [3.63, 3.8) is 0 Å². The highest BCUT2D eigenvalue weighted by Crippen LogP contribution is 2.08. The third-order valence-corrected chi connectivity index (χ3v) is 1.85. The molecule has 1 heterocycles. The van der Waals surface area contributed by atoms with Crippen LogP contribution >= 0.6 is 0 Å². The molecule has 78 valence electrons. The second-order valence-corrected chi connectivity index (χ2v) is 3.19. The van der Waals surface area contributed by atoms with E-state index in [1.807, 2.05) is 0 Å². The average Bonchev–Trinajstić information content (AvgIpc) is 2.51. The van der Waals surface area contributed by atoms with Gasteiger partial charge in [0, 0.05) is 6.42 Å². The Hall–Kier alpha value is -1.43. The van der Waals surface area contributed by atoms with Gasteiger partial charge in [-0.2, -0.15) is 0 Å². The Bertz CT molecular complexity index is 275. The number of esters is 2. The molecule has 6 nitrogen and oxygen atoms in total. The molecule has 1 amide bonds. The molecule has 2 atom stereocenters. The Morgan fingerprint density at radius 1 is 1.64 bits per heavy atom. The first kappa shape index (κ1) is 10.6. The first-order valence-corrected chi connectivity index (χ1v) is 4.31. The van der Waals surface area contributed by atoms with Gasteiger partial charge in [-0.3, -0.25) is 4.79 Å². The summed E-state index contributed by atoms with van der Waals surface area (Å²) in [6, 6.07) is -1.54. The summed E-state index contributed by atoms with van der Waals surface area (Å²) in [7, 11) is 0. The maximum absolute atomic E-state index is 11.2. The lowest BCUT2D eigenvalue weighted by molar-refractivity contribution is -0.161. The molecule has 1 rings (SSSR count). The normalized spacial score (nSPS) is 22.7. The third kappa shape index (κ3) is 2.53. The lowest BCUT2D eigenvalue weighted by Gasteiger charge is -2.09. The van der Waals surface area contributed by atoms with Gasteiger partial charge in [0.1, 0.15) is 12.1 Å². The van der Waals surface area contributed by atoms with Crippen molar-refractivity contribution in [2.45, 2.75) is 31.8 Å². The van der Waals surface area contributed by atoms with E-state index in [1.54, 1.807) is 0 Å². The number of ether oxygens (including phenoxy) is 1. The highest BCUT2D eigenvalue weighted by Gasteiger charge is 2.30. The van der Waals surface area contributed by atoms with E-state index in [2.05, 4.69) is 10.1 Å². The van der Waals surface area contributed by atoms with Crippen LogP contribution in [-0.2, 0) is 19.1 Å². The number of carbonyl (C=O) groups excluding carboxylic acids is 3. The average molecular weight is 200 g/mol. The van der Waals surface area contributed by atoms with E-state index in [4.69, 9.17) is 5.73 Å². The first-order chi connectivity index (χ1) is 6.50. The predicted octanol–water partition coefficient (Wildman–Crippen LogP) is -1.32. The summed E-state index contributed by atoms with van der Waals surface area (Å²) < 4.78 is 4.43. The summed E-state index contributed by atoms with van der Waals surface area (Å²) in [6.45, 7) is 1.42. The third-order valence-electron chi connectivity index (χ3n) is 1.85. The van der Waals surface area contributed by atoms with E-state index in [0.717, 1.165) is 0 Å². The fourth-order valence-electron chi connectivity index (χ4n) is 1.05. The second kappa shape index (κ2) is 4.19. The molecule has 0 radical (unpaired) electrons. The van der Waals surface area contributed by atoms with Gasteiger partial charge in [0.15, 0.2) is 0 Å². The number of hydrogen-bond acceptors (Lipinski definition) is 5. The fraction of sp³-hybridized carbons (Fsp3) is 0.625. The number of rotatable bonds is 2. The largest absolute Gasteiger partial charge is 0.390 e. The number of carbonyl (C=O) groups is 3. The summed E-state index contributed by atoms with van der Waals surface area (Å²) in [6.07, 6.45) is 0.649. The standard InChI is InChI=1S/C8H12N2O4/c1-4(9)7(12)14-8(13)5-2-3-6(11)10-5/h4-5H,2-3,9H2,1H3,(H,10,11)/t4-,5-/m0/s1. The number of amides is 1. The molecule has 0 bridgehead atoms. The molecule has 3 N–H and O–H groups in total. The van der Waals surface area contributed by atoms with Crippen LogP contribution in [0.15, 0.2) is 0 Å². The second-order valence-electron chi connectivity index (χ2n) is 3.19. The predicted molar refractivity (Wildman–Crippen MR) is 45.9 cm³/mol. The van der Waals surface area contributed by atoms with Crippen LogP contribution < -0.4 is 11.1 Å². The topological polar surface area (TPSA) is 98.5 Å². The van der Waals surface area contributed by atoms with Crippen molar-refractivity contribution in [1.29, 1.82) is 0 Å². The smallest absolute Gasteiger partial charge is 0.336 e. The Labute approximate surface area is 80.8 Å². The minimum atomic E-state index is -0.837. The monoisotopic (exact) mass is 200 g/mol. The molecular formula is C8H12N2O4. The lowest BCUT2D eigenvalue weighted by Crippen LogP contribution is -2.39. The molecule has 0 aromatic carbocycles. The van der Waals surface area contributed by atoms with Crippen LogP contribution in [0.4, 0.5) is 0 Å². The van der Waals surface area contributed by atoms with Crippen LogP contribution in [0.2, 0.25) is 0 Å². The molecule has 1 aliphatic heterocycles. The maximum Gasteiger partial charge on any atom is 0.336 e. The lowest BCUT2D eigenvalue weighted by atomic mass is 10.2. The number of nitrogens with two attached hydrogens (primary N) is 1. The highest BCUT2D eigenvalue weighted by atomic mass is 16.6. The highest BCUT2D eigenvalue weighted by molar-refractivity contribution is 5.94. The SMILES string of the molecule is C[C@H](N)C(=O)OC(=O)[C@@H]1CCC(=O)N1. The molecule has 0 aromatic rings. The maximum atomic E-state index is 11.2. The van der Waals surface area contributed by atoms with Gasteiger partial charge in [-0.15, -0.1) is 0 Å². The first-order valence-electron chi connectivity index (χ1n) is 4.31. The zero-order valence-corrected chi connectivity index (χ0v) is 7.78. The Kier molecular flexibility index (Phi) is 3.19. The molecule has 0 saturated carbocycles. The van der Waals surface area contributed by atoms with E-state index in [9.17, 15) is 14.4 Å². The fourth-order valence-corrected chi connectivity index (χ4v) is 1.05. The van der Waals surface area contributed by atoms with Gasteiger partial charge in [-0.1, -0.05) is 0 Å². The van der Waals surface area contributed by atoms with Crippen LogP contribution in [0, 0.1) is 0 Å². The molecule has 6 heteroatoms. The summed E-state index contributed by atoms with van der Waals surface area (Å²) in [5.74, 6) is -1.73. The van der Waals surface area contributed by atoms with Crippen molar-refractivity contribution in [3.05, 3.63) is 0 Å². The van der Waals surface area contributed by atoms with E-state index in [-0.39, 0.29) is 12.3 Å². The van der Waals surface area contributed by atoms with Gasteiger partial charge in [-0.25, -0.2) is 9.59 Å². The number of hydrogen-bond donors (Lipinski definition) is 2. The van der Waals surface area contributed by atoms with Crippen molar-refractivity contribution in [1.82, 2.24) is 5.32 Å². The van der Waals surface area contributed by atoms with E-state index in [1.165, 1.54) is 6.92 Å². The van der Waals surface area contributed by atoms with Gasteiger partial charge < -0.3 is 15.8 Å². The van der Waals surface area contributed by atoms with Crippen LogP contribution in [-0.4, -0.2) is 29.9 Å². The van der Waals surface area contributed by atoms with Crippen molar-refractivity contribution in [2.75, 3.05) is 0 Å². The van der Waals surface area contributed by atoms with E-state index < -0.39 is 24.0 Å². The quantitative estimate of drug-likeness (QED) is 0.425. The summed E-state index contributed by atoms with van der Waals surface area (Å²) in [5, 5.41) is 2.39. The Balaban J connectivity index is 2.43. The van der Waals surface area contributed by atoms with Gasteiger partial charge in [0.05, 0.1) is 0 Å². The Morgan fingerprint density at radius 3 is 2.71 bits per heavy atom. The summed E-state index contributed by atoms with van der Waals surface area (Å²) in [4.78, 5) is 32.9. The van der Waals surface area contributed by atoms with Crippen LogP contribution in [0.25, 0.3) is 0 Å². The molecule has 0 unspecified atom stereocenters. The molecule has 0 aromatic heterocycles. The van der Waals surface area contributed by atoms with Crippen LogP contribution in [0.5, 0.6) is 0 Å². The Morgan fingerprint density at radius 2 is 2.29 bits per heavy atom. The van der Waals surface area contributed by atoms with Gasteiger partial charge in [0.25, 0.3) is 0 Å². The molecular weight excluding hydrogens is 188 g/mol. The van der Waals surface area contributed by atoms with Crippen molar-refractivity contribution < 1.29 is 19.1 Å². The van der Waals surface area contributed by atoms with Gasteiger partial charge in [-0.05, 0) is 13.3 Å². The van der Waals surface area contributed by atoms with E-state index >= 15 is 0 Å². The van der Waals surface area contributed by atoms with Crippen molar-refractivity contribution in [2.24, 2.45) is 5.73 Å². The van der Waals surface area contributed by atoms with E-state index in [0.29, 0.717) is 6.42 Å². The summed E-state index contributed by atoms with van der Waals surface area (Å²) in [5.41, 5.74) is 5.20. The van der Waals surface area contributed by atoms with Crippen LogP contribution in [0.1, 0.15) is 19.8 Å². The zero-order chi connectivity index (χ0) is 10.7. The molecule has 1 aliphatic rings. The molecule has 14 heavy (non-hydrogen) atoms. The summed E-state index contributed by atoms with van der Waals surface area (Å²) >= 11 is 0. The molecule has 1 fully saturated rings. The van der Waals surface area contributed by atoms with Crippen molar-refractivity contribution in [3.8, 4) is 0 Å². The van der Waals surface area contributed by atoms with Gasteiger partial charge >= 0.3 is 11.9 Å². The molecule has 0 spiro atoms. The van der Waals surface area contributed by atoms with Crippen LogP contribution in [0.3, 0.4) is 0 Å². The van der Waals surface area contributed by atoms with Gasteiger partial charge in [0.2, 0.25) is 5.91 Å². The minimum Gasteiger partial charge on any atom is -0.390 e. The number of nitrogens with one attached hydrogen (secondary N) is 1. The molecule has 1 saturated heterocycles.